The fourth-order valence-corrected chi connectivity index (χ4v) is 4.00. The van der Waals surface area contributed by atoms with Crippen molar-refractivity contribution in [2.45, 2.75) is 162 Å². The fourth-order valence-electron chi connectivity index (χ4n) is 3.67. The maximum atomic E-state index is 10.2. The summed E-state index contributed by atoms with van der Waals surface area (Å²) in [5.74, 6) is 0. The van der Waals surface area contributed by atoms with Gasteiger partial charge in [-0.1, -0.05) is 156 Å². The average Bonchev–Trinajstić information content (AvgIpc) is 2.77. The molecule has 0 bridgehead atoms. The molecule has 0 fully saturated rings. The Morgan fingerprint density at radius 1 is 0.447 bits per heavy atom. The quantitative estimate of drug-likeness (QED) is 0.0603. The minimum absolute atomic E-state index is 0. The van der Waals surface area contributed by atoms with Gasteiger partial charge >= 0.3 is 102 Å². The van der Waals surface area contributed by atoms with Crippen LogP contribution in [-0.2, 0) is 25.0 Å². The first-order valence-electron chi connectivity index (χ1n) is 14.3. The van der Waals surface area contributed by atoms with Crippen molar-refractivity contribution >= 4 is 102 Å². The van der Waals surface area contributed by atoms with E-state index in [9.17, 15) is 8.42 Å². The van der Waals surface area contributed by atoms with Gasteiger partial charge in [0, 0.05) is 0 Å². The Morgan fingerprint density at radius 3 is 0.816 bits per heavy atom. The van der Waals surface area contributed by atoms with E-state index in [0.29, 0.717) is 6.42 Å². The van der Waals surface area contributed by atoms with Crippen LogP contribution < -0.4 is 0 Å². The van der Waals surface area contributed by atoms with Crippen LogP contribution in [0.25, 0.3) is 0 Å². The predicted octanol–water partition coefficient (Wildman–Crippen LogP) is 7.48. The Hall–Kier alpha value is 2.38. The zero-order valence-electron chi connectivity index (χ0n) is 23.5. The van der Waals surface area contributed by atoms with Gasteiger partial charge in [0.1, 0.15) is 0 Å². The van der Waals surface area contributed by atoms with E-state index < -0.39 is 20.8 Å². The van der Waals surface area contributed by atoms with Crippen LogP contribution in [0, 0.1) is 0 Å². The van der Waals surface area contributed by atoms with Gasteiger partial charge in [0.15, 0.2) is 0 Å². The second kappa shape index (κ2) is 39.4. The summed E-state index contributed by atoms with van der Waals surface area (Å²) in [7, 11) is -8.90. The molecule has 0 aliphatic heterocycles. The first kappa shape index (κ1) is 50.0. The van der Waals surface area contributed by atoms with E-state index in [4.69, 9.17) is 22.1 Å². The summed E-state index contributed by atoms with van der Waals surface area (Å²) >= 11 is 0. The van der Waals surface area contributed by atoms with Crippen LogP contribution in [0.3, 0.4) is 0 Å². The second-order valence-electron chi connectivity index (χ2n) is 9.42. The van der Waals surface area contributed by atoms with Crippen LogP contribution in [0.15, 0.2) is 0 Å². The predicted molar refractivity (Wildman–Crippen MR) is 165 cm³/mol. The molecular formula is C26H60KNaO8S2. The Morgan fingerprint density at radius 2 is 0.632 bits per heavy atom. The molecule has 3 N–H and O–H groups in total. The summed E-state index contributed by atoms with van der Waals surface area (Å²) in [4.78, 5) is 0. The summed E-state index contributed by atoms with van der Waals surface area (Å²) in [6.07, 6.45) is 29.3. The molecule has 8 nitrogen and oxygen atoms in total. The zero-order valence-corrected chi connectivity index (χ0v) is 25.1. The zero-order chi connectivity index (χ0) is 28.0. The van der Waals surface area contributed by atoms with Crippen LogP contribution in [0.4, 0.5) is 0 Å². The summed E-state index contributed by atoms with van der Waals surface area (Å²) in [6.45, 7) is 6.88. The maximum absolute atomic E-state index is 10.2. The molecule has 0 atom stereocenters. The molecule has 0 saturated carbocycles. The Labute approximate surface area is 301 Å². The molecule has 0 aliphatic carbocycles. The minimum atomic E-state index is -4.67. The molecular weight excluding hydrogens is 567 g/mol. The molecule has 38 heavy (non-hydrogen) atoms. The molecule has 0 aromatic carbocycles. The molecule has 0 rings (SSSR count). The van der Waals surface area contributed by atoms with Gasteiger partial charge < -0.3 is 0 Å². The first-order chi connectivity index (χ1) is 17.0. The van der Waals surface area contributed by atoms with Gasteiger partial charge in [-0.2, -0.15) is 16.8 Å². The molecule has 0 saturated heterocycles. The van der Waals surface area contributed by atoms with E-state index in [1.54, 1.807) is 0 Å². The van der Waals surface area contributed by atoms with E-state index in [2.05, 4.69) is 25.0 Å². The van der Waals surface area contributed by atoms with Crippen molar-refractivity contribution in [3.8, 4) is 0 Å². The third kappa shape index (κ3) is 71.5. The van der Waals surface area contributed by atoms with Crippen molar-refractivity contribution in [3.05, 3.63) is 0 Å². The van der Waals surface area contributed by atoms with E-state index in [-0.39, 0.29) is 87.5 Å². The van der Waals surface area contributed by atoms with Crippen molar-refractivity contribution in [1.82, 2.24) is 0 Å². The van der Waals surface area contributed by atoms with Crippen LogP contribution in [0.1, 0.15) is 162 Å². The molecule has 226 valence electrons. The molecule has 12 heteroatoms. The van der Waals surface area contributed by atoms with Crippen molar-refractivity contribution in [1.29, 1.82) is 0 Å². The molecule has 0 aliphatic rings. The van der Waals surface area contributed by atoms with Gasteiger partial charge in [-0.25, -0.2) is 4.18 Å². The third-order valence-corrected chi connectivity index (χ3v) is 6.15. The summed E-state index contributed by atoms with van der Waals surface area (Å²) < 4.78 is 64.6. The standard InChI is InChI=1S/C14H30.C12H26O4S.K.Na.H2O4S.2H/c1-3-5-7-9-11-13-14-12-10-8-6-4-2;1-2-3-4-5-6-7-8-9-10-11-12-16-17(13,14)15;;;1-5(2,3)4;;/h3-14H2,1-2H3;2-12H2,1H3,(H,13,14,15);;;(H2,1,2,3,4);;. The third-order valence-electron chi connectivity index (χ3n) is 5.69. The topological polar surface area (TPSA) is 138 Å². The first-order valence-corrected chi connectivity index (χ1v) is 17.1. The van der Waals surface area contributed by atoms with Gasteiger partial charge in [0.25, 0.3) is 0 Å². The van der Waals surface area contributed by atoms with Gasteiger partial charge in [-0.3, -0.25) is 13.7 Å². The van der Waals surface area contributed by atoms with Crippen LogP contribution in [-0.4, -0.2) is 118 Å². The molecule has 0 heterocycles. The molecule has 0 radical (unpaired) electrons. The molecule has 0 aromatic rings. The molecule has 0 unspecified atom stereocenters. The van der Waals surface area contributed by atoms with Crippen molar-refractivity contribution in [3.63, 3.8) is 0 Å². The summed E-state index contributed by atoms with van der Waals surface area (Å²) in [5, 5.41) is 0. The molecule has 0 aromatic heterocycles. The van der Waals surface area contributed by atoms with Gasteiger partial charge in [-0.15, -0.1) is 0 Å². The van der Waals surface area contributed by atoms with Crippen LogP contribution in [0.2, 0.25) is 0 Å². The summed E-state index contributed by atoms with van der Waals surface area (Å²) in [5.41, 5.74) is 0. The van der Waals surface area contributed by atoms with Crippen LogP contribution >= 0.6 is 0 Å². The average molecular weight is 627 g/mol. The van der Waals surface area contributed by atoms with Crippen molar-refractivity contribution in [2.24, 2.45) is 0 Å². The van der Waals surface area contributed by atoms with Gasteiger partial charge in [0.05, 0.1) is 6.61 Å². The Bertz CT molecular complexity index is 601. The number of hydrogen-bond acceptors (Lipinski definition) is 5. The Balaban J connectivity index is -0.000000157. The Kier molecular flexibility index (Phi) is 51.8. The number of hydrogen-bond donors (Lipinski definition) is 3. The number of unbranched alkanes of at least 4 members (excludes halogenated alkanes) is 20. The van der Waals surface area contributed by atoms with E-state index in [0.717, 1.165) is 12.8 Å². The van der Waals surface area contributed by atoms with Gasteiger partial charge in [-0.05, 0) is 6.42 Å². The fraction of sp³-hybridized carbons (Fsp3) is 1.00. The monoisotopic (exact) mass is 626 g/mol. The molecule has 0 amide bonds. The van der Waals surface area contributed by atoms with Crippen LogP contribution in [0.5, 0.6) is 0 Å². The van der Waals surface area contributed by atoms with E-state index in [1.807, 2.05) is 0 Å². The van der Waals surface area contributed by atoms with E-state index in [1.165, 1.54) is 122 Å². The van der Waals surface area contributed by atoms with Crippen molar-refractivity contribution in [2.75, 3.05) is 6.61 Å². The molecule has 0 spiro atoms. The van der Waals surface area contributed by atoms with E-state index >= 15 is 0 Å². The SMILES string of the molecule is CCCCCCCCCCCCCC.CCCCCCCCCCCCOS(=O)(=O)O.O=S(=O)(O)O.[KH].[NaH]. The van der Waals surface area contributed by atoms with Crippen molar-refractivity contribution < 1.29 is 34.7 Å². The second-order valence-corrected chi connectivity index (χ2v) is 11.4. The number of rotatable bonds is 23. The van der Waals surface area contributed by atoms with Gasteiger partial charge in [0.2, 0.25) is 0 Å². The normalized spacial score (nSPS) is 10.8. The summed E-state index contributed by atoms with van der Waals surface area (Å²) in [6, 6.07) is 0.